The van der Waals surface area contributed by atoms with Crippen molar-refractivity contribution in [3.63, 3.8) is 0 Å². The van der Waals surface area contributed by atoms with E-state index in [1.54, 1.807) is 12.1 Å². The summed E-state index contributed by atoms with van der Waals surface area (Å²) in [5.74, 6) is -9.78. The Bertz CT molecular complexity index is 594. The predicted molar refractivity (Wildman–Crippen MR) is 62.6 cm³/mol. The van der Waals surface area contributed by atoms with Crippen molar-refractivity contribution >= 4 is 17.0 Å². The summed E-state index contributed by atoms with van der Waals surface area (Å²) in [4.78, 5) is 1.70. The van der Waals surface area contributed by atoms with Crippen molar-refractivity contribution in [2.75, 3.05) is 5.32 Å². The molecule has 0 amide bonds. The molecule has 1 nitrogen and oxygen atoms in total. The van der Waals surface area contributed by atoms with Crippen LogP contribution in [0.15, 0.2) is 12.1 Å². The lowest BCUT2D eigenvalue weighted by Gasteiger charge is -2.09. The molecule has 19 heavy (non-hydrogen) atoms. The van der Waals surface area contributed by atoms with Crippen LogP contribution in [-0.4, -0.2) is 0 Å². The molecule has 0 saturated carbocycles. The molecule has 1 aromatic carbocycles. The summed E-state index contributed by atoms with van der Waals surface area (Å²) in [5, 5.41) is 2.23. The highest BCUT2D eigenvalue weighted by Crippen LogP contribution is 2.28. The zero-order valence-electron chi connectivity index (χ0n) is 9.66. The van der Waals surface area contributed by atoms with E-state index in [-0.39, 0.29) is 6.54 Å². The third-order valence-corrected chi connectivity index (χ3v) is 3.45. The van der Waals surface area contributed by atoms with Gasteiger partial charge in [0, 0.05) is 16.3 Å². The Labute approximate surface area is 109 Å². The van der Waals surface area contributed by atoms with E-state index in [0.29, 0.717) is 0 Å². The van der Waals surface area contributed by atoms with Crippen molar-refractivity contribution in [1.29, 1.82) is 0 Å². The highest BCUT2D eigenvalue weighted by Gasteiger charge is 2.25. The number of halogens is 5. The fourth-order valence-electron chi connectivity index (χ4n) is 1.52. The normalized spacial score (nSPS) is 10.8. The van der Waals surface area contributed by atoms with Gasteiger partial charge in [0.15, 0.2) is 23.3 Å². The zero-order chi connectivity index (χ0) is 14.2. The van der Waals surface area contributed by atoms with Crippen LogP contribution in [0.1, 0.15) is 9.75 Å². The second-order valence-electron chi connectivity index (χ2n) is 3.81. The molecule has 0 bridgehead atoms. The largest absolute Gasteiger partial charge is 0.375 e. The third kappa shape index (κ3) is 2.56. The van der Waals surface area contributed by atoms with Gasteiger partial charge >= 0.3 is 0 Å². The zero-order valence-corrected chi connectivity index (χ0v) is 10.5. The van der Waals surface area contributed by atoms with Crippen molar-refractivity contribution in [2.24, 2.45) is 0 Å². The smallest absolute Gasteiger partial charge is 0.200 e. The van der Waals surface area contributed by atoms with Crippen molar-refractivity contribution < 1.29 is 22.0 Å². The standard InChI is InChI=1S/C12H8F5NS/c1-5-2-3-6(19-5)4-18-12-10(16)8(14)7(13)9(15)11(12)17/h2-3,18H,4H2,1H3. The Kier molecular flexibility index (Phi) is 3.75. The molecule has 2 aromatic rings. The Morgan fingerprint density at radius 2 is 1.42 bits per heavy atom. The molecule has 0 spiro atoms. The van der Waals surface area contributed by atoms with Crippen LogP contribution >= 0.6 is 11.3 Å². The molecule has 0 fully saturated rings. The molecule has 0 aliphatic carbocycles. The summed E-state index contributed by atoms with van der Waals surface area (Å²) >= 11 is 1.36. The van der Waals surface area contributed by atoms with E-state index in [1.165, 1.54) is 11.3 Å². The van der Waals surface area contributed by atoms with Gasteiger partial charge in [0.05, 0.1) is 0 Å². The average molecular weight is 293 g/mol. The summed E-state index contributed by atoms with van der Waals surface area (Å²) in [6, 6.07) is 3.50. The van der Waals surface area contributed by atoms with E-state index in [1.807, 2.05) is 6.92 Å². The minimum Gasteiger partial charge on any atom is -0.375 e. The van der Waals surface area contributed by atoms with Gasteiger partial charge in [0.1, 0.15) is 5.69 Å². The quantitative estimate of drug-likeness (QED) is 0.503. The summed E-state index contributed by atoms with van der Waals surface area (Å²) in [5.41, 5.74) is -1.01. The van der Waals surface area contributed by atoms with Gasteiger partial charge in [-0.15, -0.1) is 11.3 Å². The van der Waals surface area contributed by atoms with Crippen LogP contribution in [0.25, 0.3) is 0 Å². The second-order valence-corrected chi connectivity index (χ2v) is 5.18. The topological polar surface area (TPSA) is 12.0 Å². The number of hydrogen-bond acceptors (Lipinski definition) is 2. The summed E-state index contributed by atoms with van der Waals surface area (Å²) < 4.78 is 65.3. The van der Waals surface area contributed by atoms with Crippen LogP contribution in [0.2, 0.25) is 0 Å². The van der Waals surface area contributed by atoms with Crippen LogP contribution < -0.4 is 5.32 Å². The van der Waals surface area contributed by atoms with Crippen LogP contribution in [0.4, 0.5) is 27.6 Å². The average Bonchev–Trinajstić information content (AvgIpc) is 2.80. The van der Waals surface area contributed by atoms with E-state index in [0.717, 1.165) is 9.75 Å². The van der Waals surface area contributed by atoms with Crippen molar-refractivity contribution in [1.82, 2.24) is 0 Å². The van der Waals surface area contributed by atoms with Crippen molar-refractivity contribution in [3.05, 3.63) is 51.0 Å². The van der Waals surface area contributed by atoms with Gasteiger partial charge in [0.2, 0.25) is 5.82 Å². The van der Waals surface area contributed by atoms with Gasteiger partial charge in [0.25, 0.3) is 0 Å². The number of anilines is 1. The van der Waals surface area contributed by atoms with Crippen LogP contribution in [0, 0.1) is 36.0 Å². The molecule has 0 radical (unpaired) electrons. The molecule has 1 N–H and O–H groups in total. The third-order valence-electron chi connectivity index (χ3n) is 2.45. The first-order valence-electron chi connectivity index (χ1n) is 5.22. The molecule has 1 heterocycles. The summed E-state index contributed by atoms with van der Waals surface area (Å²) in [7, 11) is 0. The van der Waals surface area contributed by atoms with Crippen LogP contribution in [0.3, 0.4) is 0 Å². The minimum atomic E-state index is -2.16. The first-order chi connectivity index (χ1) is 8.91. The number of rotatable bonds is 3. The fourth-order valence-corrected chi connectivity index (χ4v) is 2.35. The van der Waals surface area contributed by atoms with E-state index >= 15 is 0 Å². The Hall–Kier alpha value is -1.63. The number of hydrogen-bond donors (Lipinski definition) is 1. The van der Waals surface area contributed by atoms with Gasteiger partial charge in [-0.25, -0.2) is 22.0 Å². The lowest BCUT2D eigenvalue weighted by Crippen LogP contribution is -2.09. The first-order valence-corrected chi connectivity index (χ1v) is 6.04. The molecular formula is C12H8F5NS. The van der Waals surface area contributed by atoms with Gasteiger partial charge < -0.3 is 5.32 Å². The van der Waals surface area contributed by atoms with E-state index < -0.39 is 34.8 Å². The molecule has 0 aliphatic rings. The fraction of sp³-hybridized carbons (Fsp3) is 0.167. The Morgan fingerprint density at radius 3 is 1.89 bits per heavy atom. The maximum atomic E-state index is 13.3. The van der Waals surface area contributed by atoms with Crippen LogP contribution in [-0.2, 0) is 6.54 Å². The molecule has 0 saturated heterocycles. The molecule has 0 unspecified atom stereocenters. The maximum Gasteiger partial charge on any atom is 0.200 e. The van der Waals surface area contributed by atoms with E-state index in [4.69, 9.17) is 0 Å². The number of thiophene rings is 1. The molecule has 0 aliphatic heterocycles. The van der Waals surface area contributed by atoms with Gasteiger partial charge in [-0.2, -0.15) is 0 Å². The summed E-state index contributed by atoms with van der Waals surface area (Å²) in [6.07, 6.45) is 0. The number of nitrogens with one attached hydrogen (secondary N) is 1. The first kappa shape index (κ1) is 13.8. The minimum absolute atomic E-state index is 0.0170. The maximum absolute atomic E-state index is 13.3. The Morgan fingerprint density at radius 1 is 0.895 bits per heavy atom. The van der Waals surface area contributed by atoms with Crippen molar-refractivity contribution in [2.45, 2.75) is 13.5 Å². The molecule has 7 heteroatoms. The predicted octanol–water partition coefficient (Wildman–Crippen LogP) is 4.36. The molecule has 0 atom stereocenters. The number of benzene rings is 1. The highest BCUT2D eigenvalue weighted by atomic mass is 32.1. The second kappa shape index (κ2) is 5.16. The monoisotopic (exact) mass is 293 g/mol. The van der Waals surface area contributed by atoms with E-state index in [2.05, 4.69) is 5.32 Å². The van der Waals surface area contributed by atoms with Gasteiger partial charge in [-0.05, 0) is 19.1 Å². The number of aryl methyl sites for hydroxylation is 1. The Balaban J connectivity index is 2.30. The van der Waals surface area contributed by atoms with E-state index in [9.17, 15) is 22.0 Å². The SMILES string of the molecule is Cc1ccc(CNc2c(F)c(F)c(F)c(F)c2F)s1. The van der Waals surface area contributed by atoms with Crippen molar-refractivity contribution in [3.8, 4) is 0 Å². The molecular weight excluding hydrogens is 285 g/mol. The lowest BCUT2D eigenvalue weighted by atomic mass is 10.2. The van der Waals surface area contributed by atoms with Crippen LogP contribution in [0.5, 0.6) is 0 Å². The molecule has 2 rings (SSSR count). The highest BCUT2D eigenvalue weighted by molar-refractivity contribution is 7.11. The summed E-state index contributed by atoms with van der Waals surface area (Å²) in [6.45, 7) is 1.82. The molecule has 1 aromatic heterocycles. The molecule has 102 valence electrons. The van der Waals surface area contributed by atoms with Gasteiger partial charge in [-0.3, -0.25) is 0 Å². The van der Waals surface area contributed by atoms with Gasteiger partial charge in [-0.1, -0.05) is 0 Å². The lowest BCUT2D eigenvalue weighted by molar-refractivity contribution is 0.381.